The van der Waals surface area contributed by atoms with Crippen molar-refractivity contribution in [1.82, 2.24) is 19.9 Å². The summed E-state index contributed by atoms with van der Waals surface area (Å²) in [5.74, 6) is -3.99. The van der Waals surface area contributed by atoms with Crippen LogP contribution in [0.25, 0.3) is 27.0 Å². The first-order valence-corrected chi connectivity index (χ1v) is 9.33. The van der Waals surface area contributed by atoms with Gasteiger partial charge in [0.05, 0.1) is 6.54 Å². The minimum absolute atomic E-state index is 0.149. The molecule has 1 aliphatic heterocycles. The number of nitrogens with one attached hydrogen (secondary N) is 1. The van der Waals surface area contributed by atoms with Gasteiger partial charge in [-0.25, -0.2) is 20.3 Å². The molecule has 30 heavy (non-hydrogen) atoms. The van der Waals surface area contributed by atoms with Gasteiger partial charge >= 0.3 is 6.17 Å². The van der Waals surface area contributed by atoms with Crippen LogP contribution in [0.1, 0.15) is 29.6 Å². The zero-order valence-corrected chi connectivity index (χ0v) is 15.8. The Morgan fingerprint density at radius 3 is 2.87 bits per heavy atom. The van der Waals surface area contributed by atoms with E-state index in [9.17, 15) is 18.4 Å². The van der Waals surface area contributed by atoms with Crippen LogP contribution >= 0.6 is 0 Å². The standard InChI is InChI=1S/C21H17F2N5O2/c1-24-18-10-21(22,23)12-28(18)19(30)3-2-17(29)14-4-7-25-11-16(14)13-5-8-26-20-15(13)6-9-27-20/h4-9,11,18H,2-3,10,12H2,(H,26,27)/t18-/m0/s1. The molecule has 0 bridgehead atoms. The minimum Gasteiger partial charge on any atom is -0.346 e. The predicted molar refractivity (Wildman–Crippen MR) is 105 cm³/mol. The van der Waals surface area contributed by atoms with Crippen LogP contribution in [0.15, 0.2) is 43.0 Å². The number of hydrogen-bond donors (Lipinski definition) is 1. The molecule has 3 aromatic rings. The molecule has 7 nitrogen and oxygen atoms in total. The lowest BCUT2D eigenvalue weighted by Gasteiger charge is -2.16. The molecule has 1 N–H and O–H groups in total. The molecule has 0 saturated carbocycles. The van der Waals surface area contributed by atoms with Crippen molar-refractivity contribution in [3.63, 3.8) is 0 Å². The van der Waals surface area contributed by atoms with E-state index in [0.29, 0.717) is 16.8 Å². The van der Waals surface area contributed by atoms with Gasteiger partial charge in [-0.15, -0.1) is 0 Å². The maximum absolute atomic E-state index is 13.6. The maximum Gasteiger partial charge on any atom is 0.306 e. The number of H-pyrrole nitrogens is 1. The number of hydrogen-bond acceptors (Lipinski definition) is 4. The van der Waals surface area contributed by atoms with E-state index in [4.69, 9.17) is 6.57 Å². The largest absolute Gasteiger partial charge is 0.346 e. The van der Waals surface area contributed by atoms with Crippen molar-refractivity contribution in [2.45, 2.75) is 31.4 Å². The van der Waals surface area contributed by atoms with Crippen LogP contribution in [0.4, 0.5) is 8.78 Å². The molecule has 0 aliphatic carbocycles. The molecule has 0 radical (unpaired) electrons. The van der Waals surface area contributed by atoms with Crippen molar-refractivity contribution in [2.75, 3.05) is 6.54 Å². The molecule has 4 rings (SSSR count). The van der Waals surface area contributed by atoms with Gasteiger partial charge in [0.2, 0.25) is 5.91 Å². The number of likely N-dealkylation sites (tertiary alicyclic amines) is 1. The van der Waals surface area contributed by atoms with Gasteiger partial charge in [0.15, 0.2) is 5.78 Å². The van der Waals surface area contributed by atoms with Gasteiger partial charge in [0.25, 0.3) is 5.92 Å². The zero-order valence-electron chi connectivity index (χ0n) is 15.8. The summed E-state index contributed by atoms with van der Waals surface area (Å²) < 4.78 is 27.2. The highest BCUT2D eigenvalue weighted by molar-refractivity contribution is 6.06. The second-order valence-corrected chi connectivity index (χ2v) is 7.13. The highest BCUT2D eigenvalue weighted by Crippen LogP contribution is 2.34. The average Bonchev–Trinajstić information content (AvgIpc) is 3.35. The zero-order chi connectivity index (χ0) is 21.3. The topological polar surface area (TPSA) is 83.3 Å². The summed E-state index contributed by atoms with van der Waals surface area (Å²) >= 11 is 0. The summed E-state index contributed by atoms with van der Waals surface area (Å²) in [5.41, 5.74) is 2.44. The van der Waals surface area contributed by atoms with E-state index < -0.39 is 31.0 Å². The van der Waals surface area contributed by atoms with Gasteiger partial charge < -0.3 is 4.98 Å². The molecule has 0 unspecified atom stereocenters. The Bertz CT molecular complexity index is 1170. The summed E-state index contributed by atoms with van der Waals surface area (Å²) in [4.78, 5) is 40.6. The van der Waals surface area contributed by atoms with Crippen molar-refractivity contribution in [1.29, 1.82) is 0 Å². The Hall–Kier alpha value is -3.67. The number of carbonyl (C=O) groups excluding carboxylic acids is 2. The molecule has 3 aromatic heterocycles. The van der Waals surface area contributed by atoms with E-state index in [1.165, 1.54) is 6.20 Å². The highest BCUT2D eigenvalue weighted by Gasteiger charge is 2.50. The third-order valence-corrected chi connectivity index (χ3v) is 5.15. The first-order valence-electron chi connectivity index (χ1n) is 9.33. The van der Waals surface area contributed by atoms with Gasteiger partial charge in [-0.2, -0.15) is 0 Å². The van der Waals surface area contributed by atoms with E-state index in [1.807, 2.05) is 6.07 Å². The molecule has 0 spiro atoms. The van der Waals surface area contributed by atoms with Gasteiger partial charge in [0, 0.05) is 54.1 Å². The number of alkyl halides is 2. The Morgan fingerprint density at radius 1 is 1.23 bits per heavy atom. The number of aromatic nitrogens is 3. The van der Waals surface area contributed by atoms with E-state index in [2.05, 4.69) is 19.8 Å². The van der Waals surface area contributed by atoms with Gasteiger partial charge in [-0.3, -0.25) is 24.3 Å². The molecule has 1 fully saturated rings. The SMILES string of the molecule is [C-]#[N+][C@@H]1CC(F)(F)CN1C(=O)CCC(=O)c1ccncc1-c1ccnc2[nH]ccc12. The van der Waals surface area contributed by atoms with E-state index in [0.717, 1.165) is 15.8 Å². The van der Waals surface area contributed by atoms with Gasteiger partial charge in [0.1, 0.15) is 12.1 Å². The van der Waals surface area contributed by atoms with Crippen molar-refractivity contribution in [2.24, 2.45) is 0 Å². The van der Waals surface area contributed by atoms with Crippen LogP contribution in [0, 0.1) is 6.57 Å². The first-order chi connectivity index (χ1) is 14.4. The molecular formula is C21H17F2N5O2. The van der Waals surface area contributed by atoms with Crippen LogP contribution in [0.3, 0.4) is 0 Å². The van der Waals surface area contributed by atoms with Crippen molar-refractivity contribution >= 4 is 22.7 Å². The van der Waals surface area contributed by atoms with Crippen molar-refractivity contribution in [3.8, 4) is 11.1 Å². The van der Waals surface area contributed by atoms with E-state index in [-0.39, 0.29) is 18.6 Å². The second-order valence-electron chi connectivity index (χ2n) is 7.13. The van der Waals surface area contributed by atoms with Crippen LogP contribution in [-0.4, -0.2) is 50.2 Å². The highest BCUT2D eigenvalue weighted by atomic mass is 19.3. The monoisotopic (exact) mass is 409 g/mol. The molecule has 152 valence electrons. The molecular weight excluding hydrogens is 392 g/mol. The first kappa shape index (κ1) is 19.6. The minimum atomic E-state index is -3.07. The third-order valence-electron chi connectivity index (χ3n) is 5.15. The van der Waals surface area contributed by atoms with Crippen molar-refractivity contribution < 1.29 is 18.4 Å². The van der Waals surface area contributed by atoms with Gasteiger partial charge in [-0.05, 0) is 23.8 Å². The fourth-order valence-electron chi connectivity index (χ4n) is 3.71. The predicted octanol–water partition coefficient (Wildman–Crippen LogP) is 3.70. The number of halogens is 2. The number of nitrogens with zero attached hydrogens (tertiary/aromatic N) is 4. The number of rotatable bonds is 5. The molecule has 1 amide bonds. The molecule has 9 heteroatoms. The Kier molecular flexibility index (Phi) is 4.99. The number of ketones is 1. The Labute approximate surface area is 170 Å². The smallest absolute Gasteiger partial charge is 0.306 e. The molecule has 1 aliphatic rings. The lowest BCUT2D eigenvalue weighted by atomic mass is 9.96. The summed E-state index contributed by atoms with van der Waals surface area (Å²) in [6, 6.07) is 5.20. The van der Waals surface area contributed by atoms with E-state index in [1.54, 1.807) is 30.7 Å². The number of Topliss-reactive ketones (excluding diaryl/α,β-unsaturated/α-hetero) is 1. The van der Waals surface area contributed by atoms with Crippen molar-refractivity contribution in [3.05, 3.63) is 60.0 Å². The summed E-state index contributed by atoms with van der Waals surface area (Å²) in [6.45, 7) is 6.26. The normalized spacial score (nSPS) is 17.8. The molecule has 1 saturated heterocycles. The Balaban J connectivity index is 1.54. The Morgan fingerprint density at radius 2 is 2.07 bits per heavy atom. The third kappa shape index (κ3) is 3.64. The van der Waals surface area contributed by atoms with Crippen LogP contribution in [-0.2, 0) is 4.79 Å². The fraction of sp³-hybridized carbons (Fsp3) is 0.286. The lowest BCUT2D eigenvalue weighted by molar-refractivity contribution is -0.132. The average molecular weight is 409 g/mol. The quantitative estimate of drug-likeness (QED) is 0.515. The van der Waals surface area contributed by atoms with Crippen LogP contribution in [0.2, 0.25) is 0 Å². The summed E-state index contributed by atoms with van der Waals surface area (Å²) in [7, 11) is 0. The van der Waals surface area contributed by atoms with E-state index >= 15 is 0 Å². The van der Waals surface area contributed by atoms with Gasteiger partial charge in [-0.1, -0.05) is 0 Å². The number of fused-ring (bicyclic) bond motifs is 1. The second kappa shape index (κ2) is 7.63. The lowest BCUT2D eigenvalue weighted by Crippen LogP contribution is -2.35. The molecule has 0 aromatic carbocycles. The fourth-order valence-corrected chi connectivity index (χ4v) is 3.71. The number of amides is 1. The number of pyridine rings is 2. The maximum atomic E-state index is 13.6. The van der Waals surface area contributed by atoms with Crippen LogP contribution in [0.5, 0.6) is 0 Å². The molecule has 4 heterocycles. The van der Waals surface area contributed by atoms with Crippen LogP contribution < -0.4 is 0 Å². The number of carbonyl (C=O) groups is 2. The summed E-state index contributed by atoms with van der Waals surface area (Å²) in [6.07, 6.45) is 4.20. The molecule has 1 atom stereocenters. The number of aromatic amines is 1. The summed E-state index contributed by atoms with van der Waals surface area (Å²) in [5, 5.41) is 0.829.